The van der Waals surface area contributed by atoms with Crippen LogP contribution in [0.5, 0.6) is 5.75 Å². The van der Waals surface area contributed by atoms with Gasteiger partial charge in [-0.2, -0.15) is 0 Å². The lowest BCUT2D eigenvalue weighted by atomic mass is 9.94. The number of methoxy groups -OCH3 is 1. The molecular weight excluding hydrogens is 392 g/mol. The maximum absolute atomic E-state index is 5.96. The number of fused-ring (bicyclic) bond motifs is 1. The number of pyridine rings is 1. The Hall–Kier alpha value is -2.21. The van der Waals surface area contributed by atoms with Gasteiger partial charge in [-0.05, 0) is 43.9 Å². The third-order valence-corrected chi connectivity index (χ3v) is 7.71. The number of anilines is 1. The van der Waals surface area contributed by atoms with E-state index in [2.05, 4.69) is 52.0 Å². The van der Waals surface area contributed by atoms with Crippen LogP contribution in [0, 0.1) is 0 Å². The number of aliphatic imine (C=N–C) groups is 1. The van der Waals surface area contributed by atoms with Crippen molar-refractivity contribution in [1.29, 1.82) is 0 Å². The SMILES string of the molecule is CC[C@H]1CSC2=N[C@@H](c3ccccn3)[C@@H](c3ccc(N4CCCCC4)cc3OC)N21. The first-order chi connectivity index (χ1) is 14.8. The summed E-state index contributed by atoms with van der Waals surface area (Å²) >= 11 is 1.88. The lowest BCUT2D eigenvalue weighted by Crippen LogP contribution is -2.35. The molecule has 0 N–H and O–H groups in total. The normalized spacial score (nSPS) is 25.9. The van der Waals surface area contributed by atoms with Crippen LogP contribution in [0.3, 0.4) is 0 Å². The van der Waals surface area contributed by atoms with E-state index in [1.807, 2.05) is 24.0 Å². The molecule has 0 bridgehead atoms. The van der Waals surface area contributed by atoms with Crippen LogP contribution in [0.25, 0.3) is 0 Å². The highest BCUT2D eigenvalue weighted by atomic mass is 32.2. The standard InChI is InChI=1S/C24H30N4OS/c1-3-17-16-30-24-26-22(20-9-5-6-12-25-20)23(28(17)24)19-11-10-18(15-21(19)29-2)27-13-7-4-8-14-27/h5-6,9-12,15,17,22-23H,3-4,7-8,13-14,16H2,1-2H3/t17-,22-,23+/m0/s1. The summed E-state index contributed by atoms with van der Waals surface area (Å²) in [4.78, 5) is 14.8. The van der Waals surface area contributed by atoms with Crippen LogP contribution in [0.2, 0.25) is 0 Å². The minimum atomic E-state index is -0.00205. The summed E-state index contributed by atoms with van der Waals surface area (Å²) in [5.41, 5.74) is 3.52. The summed E-state index contributed by atoms with van der Waals surface area (Å²) in [6.45, 7) is 4.54. The van der Waals surface area contributed by atoms with Crippen molar-refractivity contribution in [2.45, 2.75) is 50.7 Å². The van der Waals surface area contributed by atoms with Gasteiger partial charge in [-0.3, -0.25) is 9.98 Å². The average Bonchev–Trinajstić information content (AvgIpc) is 3.39. The van der Waals surface area contributed by atoms with Crippen LogP contribution in [0.15, 0.2) is 47.6 Å². The van der Waals surface area contributed by atoms with Gasteiger partial charge in [0.1, 0.15) is 11.8 Å². The Balaban J connectivity index is 1.55. The zero-order valence-corrected chi connectivity index (χ0v) is 18.6. The number of benzene rings is 1. The second kappa shape index (κ2) is 8.50. The summed E-state index contributed by atoms with van der Waals surface area (Å²) in [5, 5.41) is 1.16. The molecule has 1 aromatic heterocycles. The molecule has 2 fully saturated rings. The molecule has 5 nitrogen and oxygen atoms in total. The second-order valence-electron chi connectivity index (χ2n) is 8.31. The largest absolute Gasteiger partial charge is 0.496 e. The molecule has 1 aromatic carbocycles. The monoisotopic (exact) mass is 422 g/mol. The lowest BCUT2D eigenvalue weighted by molar-refractivity contribution is 0.249. The summed E-state index contributed by atoms with van der Waals surface area (Å²) in [7, 11) is 1.79. The molecule has 2 saturated heterocycles. The van der Waals surface area contributed by atoms with Gasteiger partial charge < -0.3 is 14.5 Å². The first-order valence-electron chi connectivity index (χ1n) is 11.1. The van der Waals surface area contributed by atoms with E-state index < -0.39 is 0 Å². The van der Waals surface area contributed by atoms with E-state index in [1.54, 1.807) is 7.11 Å². The molecule has 3 atom stereocenters. The minimum Gasteiger partial charge on any atom is -0.496 e. The number of piperidine rings is 1. The van der Waals surface area contributed by atoms with Gasteiger partial charge in [0.15, 0.2) is 5.17 Å². The molecule has 6 heteroatoms. The quantitative estimate of drug-likeness (QED) is 0.674. The number of aromatic nitrogens is 1. The van der Waals surface area contributed by atoms with Gasteiger partial charge in [-0.15, -0.1) is 0 Å². The van der Waals surface area contributed by atoms with Crippen molar-refractivity contribution in [2.75, 3.05) is 30.9 Å². The molecule has 0 spiro atoms. The van der Waals surface area contributed by atoms with Gasteiger partial charge in [-0.25, -0.2) is 0 Å². The molecule has 0 unspecified atom stereocenters. The van der Waals surface area contributed by atoms with Crippen LogP contribution >= 0.6 is 11.8 Å². The maximum Gasteiger partial charge on any atom is 0.160 e. The Morgan fingerprint density at radius 1 is 1.13 bits per heavy atom. The van der Waals surface area contributed by atoms with E-state index in [4.69, 9.17) is 9.73 Å². The number of hydrogen-bond acceptors (Lipinski definition) is 6. The van der Waals surface area contributed by atoms with E-state index in [-0.39, 0.29) is 12.1 Å². The number of ether oxygens (including phenoxy) is 1. The molecule has 5 rings (SSSR count). The molecule has 0 radical (unpaired) electrons. The zero-order chi connectivity index (χ0) is 20.5. The van der Waals surface area contributed by atoms with Crippen LogP contribution in [-0.2, 0) is 0 Å². The molecule has 0 aliphatic carbocycles. The van der Waals surface area contributed by atoms with E-state index in [0.29, 0.717) is 6.04 Å². The number of hydrogen-bond donors (Lipinski definition) is 0. The van der Waals surface area contributed by atoms with Gasteiger partial charge in [0, 0.05) is 48.4 Å². The summed E-state index contributed by atoms with van der Waals surface area (Å²) in [6.07, 6.45) is 6.87. The number of amidine groups is 1. The molecule has 158 valence electrons. The summed E-state index contributed by atoms with van der Waals surface area (Å²) in [6, 6.07) is 13.5. The highest BCUT2D eigenvalue weighted by molar-refractivity contribution is 8.14. The van der Waals surface area contributed by atoms with Crippen LogP contribution in [0.1, 0.15) is 55.9 Å². The highest BCUT2D eigenvalue weighted by Crippen LogP contribution is 2.50. The molecule has 3 aliphatic rings. The van der Waals surface area contributed by atoms with Crippen molar-refractivity contribution in [3.63, 3.8) is 0 Å². The Morgan fingerprint density at radius 2 is 2.00 bits per heavy atom. The Labute approximate surface area is 183 Å². The van der Waals surface area contributed by atoms with Crippen molar-refractivity contribution in [3.05, 3.63) is 53.9 Å². The van der Waals surface area contributed by atoms with Crippen molar-refractivity contribution < 1.29 is 4.74 Å². The van der Waals surface area contributed by atoms with E-state index in [1.165, 1.54) is 30.5 Å². The number of nitrogens with zero attached hydrogens (tertiary/aromatic N) is 4. The van der Waals surface area contributed by atoms with Crippen molar-refractivity contribution >= 4 is 22.6 Å². The fourth-order valence-corrected chi connectivity index (χ4v) is 6.32. The first kappa shape index (κ1) is 19.7. The molecule has 30 heavy (non-hydrogen) atoms. The topological polar surface area (TPSA) is 41.0 Å². The Morgan fingerprint density at radius 3 is 2.73 bits per heavy atom. The van der Waals surface area contributed by atoms with Gasteiger partial charge in [-0.1, -0.05) is 30.8 Å². The zero-order valence-electron chi connectivity index (χ0n) is 17.8. The van der Waals surface area contributed by atoms with Crippen molar-refractivity contribution in [1.82, 2.24) is 9.88 Å². The van der Waals surface area contributed by atoms with Crippen molar-refractivity contribution in [3.8, 4) is 5.75 Å². The molecule has 0 amide bonds. The van der Waals surface area contributed by atoms with Gasteiger partial charge in [0.25, 0.3) is 0 Å². The summed E-state index contributed by atoms with van der Waals surface area (Å²) in [5.74, 6) is 2.07. The maximum atomic E-state index is 5.96. The molecule has 2 aromatic rings. The number of thioether (sulfide) groups is 1. The Bertz CT molecular complexity index is 913. The molecule has 4 heterocycles. The first-order valence-corrected chi connectivity index (χ1v) is 12.1. The summed E-state index contributed by atoms with van der Waals surface area (Å²) < 4.78 is 5.96. The van der Waals surface area contributed by atoms with Crippen molar-refractivity contribution in [2.24, 2.45) is 4.99 Å². The average molecular weight is 423 g/mol. The molecule has 3 aliphatic heterocycles. The van der Waals surface area contributed by atoms with Gasteiger partial charge in [0.2, 0.25) is 0 Å². The smallest absolute Gasteiger partial charge is 0.160 e. The number of rotatable bonds is 5. The van der Waals surface area contributed by atoms with Gasteiger partial charge in [0.05, 0.1) is 18.8 Å². The van der Waals surface area contributed by atoms with E-state index in [0.717, 1.165) is 41.9 Å². The minimum absolute atomic E-state index is 0.00205. The molecule has 0 saturated carbocycles. The third-order valence-electron chi connectivity index (χ3n) is 6.59. The Kier molecular flexibility index (Phi) is 5.59. The fourth-order valence-electron chi connectivity index (χ4n) is 4.98. The second-order valence-corrected chi connectivity index (χ2v) is 9.30. The predicted molar refractivity (Wildman–Crippen MR) is 125 cm³/mol. The lowest BCUT2D eigenvalue weighted by Gasteiger charge is -2.34. The third kappa shape index (κ3) is 3.45. The van der Waals surface area contributed by atoms with Gasteiger partial charge >= 0.3 is 0 Å². The van der Waals surface area contributed by atoms with Crippen LogP contribution in [-0.4, -0.2) is 47.0 Å². The molecular formula is C24H30N4OS. The predicted octanol–water partition coefficient (Wildman–Crippen LogP) is 5.06. The fraction of sp³-hybridized carbons (Fsp3) is 0.500. The van der Waals surface area contributed by atoms with E-state index >= 15 is 0 Å². The van der Waals surface area contributed by atoms with Crippen LogP contribution in [0.4, 0.5) is 5.69 Å². The van der Waals surface area contributed by atoms with Crippen LogP contribution < -0.4 is 9.64 Å². The van der Waals surface area contributed by atoms with E-state index in [9.17, 15) is 0 Å². The highest BCUT2D eigenvalue weighted by Gasteiger charge is 2.46.